The number of halogens is 3. The Balaban J connectivity index is 4.23. The summed E-state index contributed by atoms with van der Waals surface area (Å²) in [5.41, 5.74) is 0. The lowest BCUT2D eigenvalue weighted by molar-refractivity contribution is -0.131. The summed E-state index contributed by atoms with van der Waals surface area (Å²) in [5.74, 6) is -1.24. The van der Waals surface area contributed by atoms with E-state index in [9.17, 15) is 4.79 Å². The monoisotopic (exact) mass is 218 g/mol. The maximum Gasteiger partial charge on any atom is 0.349 e. The van der Waals surface area contributed by atoms with Gasteiger partial charge in [0.1, 0.15) is 3.94 Å². The number of hydrogen-bond acceptors (Lipinski definition) is 1. The molecule has 46 valence electrons. The van der Waals surface area contributed by atoms with Gasteiger partial charge in [-0.2, -0.15) is 0 Å². The molecule has 0 bridgehead atoms. The Hall–Kier alpha value is 0.270. The lowest BCUT2D eigenvalue weighted by atomic mass is 10.7. The fourth-order valence-electron chi connectivity index (χ4n) is 0.0808. The van der Waals surface area contributed by atoms with Gasteiger partial charge in [-0.15, -0.1) is 0 Å². The van der Waals surface area contributed by atoms with Crippen molar-refractivity contribution in [2.45, 2.75) is 0 Å². The van der Waals surface area contributed by atoms with Gasteiger partial charge in [-0.1, -0.05) is 23.2 Å². The molecule has 0 fully saturated rings. The zero-order chi connectivity index (χ0) is 6.73. The van der Waals surface area contributed by atoms with Crippen LogP contribution in [0.4, 0.5) is 0 Å². The van der Waals surface area contributed by atoms with Gasteiger partial charge in [0.05, 0.1) is 0 Å². The first kappa shape index (κ1) is 8.27. The maximum absolute atomic E-state index is 9.84. The van der Waals surface area contributed by atoms with Crippen LogP contribution in [0.5, 0.6) is 0 Å². The van der Waals surface area contributed by atoms with E-state index in [4.69, 9.17) is 28.3 Å². The Morgan fingerprint density at radius 2 is 1.88 bits per heavy atom. The van der Waals surface area contributed by atoms with E-state index in [1.165, 1.54) is 0 Å². The molecule has 0 rings (SSSR count). The number of rotatable bonds is 1. The summed E-state index contributed by atoms with van der Waals surface area (Å²) in [6.45, 7) is 0. The molecular weight excluding hydrogens is 219 g/mol. The zero-order valence-corrected chi connectivity index (χ0v) is 6.59. The molecule has 0 aromatic heterocycles. The van der Waals surface area contributed by atoms with E-state index >= 15 is 0 Å². The van der Waals surface area contributed by atoms with Crippen molar-refractivity contribution in [1.82, 2.24) is 0 Å². The molecular formula is C3HBrCl2O2. The highest BCUT2D eigenvalue weighted by atomic mass is 79.9. The second-order valence-electron chi connectivity index (χ2n) is 0.880. The van der Waals surface area contributed by atoms with Gasteiger partial charge in [-0.05, 0) is 15.9 Å². The lowest BCUT2D eigenvalue weighted by Gasteiger charge is -1.85. The SMILES string of the molecule is O=C(O)/C(Cl)=C(/Cl)Br. The first-order chi connectivity index (χ1) is 3.55. The van der Waals surface area contributed by atoms with Crippen molar-refractivity contribution >= 4 is 45.1 Å². The van der Waals surface area contributed by atoms with Crippen LogP contribution in [-0.2, 0) is 4.79 Å². The molecule has 0 aliphatic carbocycles. The molecule has 0 aliphatic rings. The predicted octanol–water partition coefficient (Wildman–Crippen LogP) is 2.11. The van der Waals surface area contributed by atoms with E-state index in [-0.39, 0.29) is 3.94 Å². The average Bonchev–Trinajstić information content (AvgIpc) is 1.64. The number of carboxylic acids is 1. The quantitative estimate of drug-likeness (QED) is 0.687. The van der Waals surface area contributed by atoms with Gasteiger partial charge in [0, 0.05) is 0 Å². The smallest absolute Gasteiger partial charge is 0.349 e. The first-order valence-corrected chi connectivity index (χ1v) is 3.04. The topological polar surface area (TPSA) is 37.3 Å². The molecule has 8 heavy (non-hydrogen) atoms. The van der Waals surface area contributed by atoms with E-state index in [1.54, 1.807) is 0 Å². The van der Waals surface area contributed by atoms with Crippen molar-refractivity contribution in [1.29, 1.82) is 0 Å². The van der Waals surface area contributed by atoms with Crippen molar-refractivity contribution in [3.05, 3.63) is 8.97 Å². The molecule has 0 saturated heterocycles. The van der Waals surface area contributed by atoms with Crippen LogP contribution in [0, 0.1) is 0 Å². The number of hydrogen-bond donors (Lipinski definition) is 1. The van der Waals surface area contributed by atoms with Crippen LogP contribution in [-0.4, -0.2) is 11.1 Å². The fourth-order valence-corrected chi connectivity index (χ4v) is 0.331. The second kappa shape index (κ2) is 3.33. The van der Waals surface area contributed by atoms with Crippen LogP contribution in [0.1, 0.15) is 0 Å². The minimum absolute atomic E-state index is 0.0910. The van der Waals surface area contributed by atoms with E-state index < -0.39 is 11.0 Å². The third-order valence-electron chi connectivity index (χ3n) is 0.354. The van der Waals surface area contributed by atoms with Gasteiger partial charge in [0.25, 0.3) is 0 Å². The molecule has 0 radical (unpaired) electrons. The summed E-state index contributed by atoms with van der Waals surface area (Å²) >= 11 is 12.8. The molecule has 0 amide bonds. The van der Waals surface area contributed by atoms with Crippen molar-refractivity contribution in [3.8, 4) is 0 Å². The van der Waals surface area contributed by atoms with Crippen LogP contribution >= 0.6 is 39.1 Å². The van der Waals surface area contributed by atoms with E-state index in [2.05, 4.69) is 15.9 Å². The third kappa shape index (κ3) is 2.55. The van der Waals surface area contributed by atoms with Crippen molar-refractivity contribution in [2.24, 2.45) is 0 Å². The summed E-state index contributed by atoms with van der Waals surface area (Å²) < 4.78 is -0.0910. The van der Waals surface area contributed by atoms with Crippen LogP contribution in [0.3, 0.4) is 0 Å². The Morgan fingerprint density at radius 3 is 1.88 bits per heavy atom. The highest BCUT2D eigenvalue weighted by molar-refractivity contribution is 9.12. The van der Waals surface area contributed by atoms with E-state index in [0.717, 1.165) is 0 Å². The second-order valence-corrected chi connectivity index (χ2v) is 2.89. The molecule has 0 aliphatic heterocycles. The Bertz CT molecular complexity index is 138. The number of carboxylic acid groups (broad SMARTS) is 1. The summed E-state index contributed by atoms with van der Waals surface area (Å²) in [6, 6.07) is 0. The molecule has 0 spiro atoms. The molecule has 0 unspecified atom stereocenters. The van der Waals surface area contributed by atoms with Crippen molar-refractivity contribution < 1.29 is 9.90 Å². The Morgan fingerprint density at radius 1 is 1.50 bits per heavy atom. The third-order valence-corrected chi connectivity index (χ3v) is 1.61. The molecule has 1 N–H and O–H groups in total. The highest BCUT2D eigenvalue weighted by Gasteiger charge is 2.05. The standard InChI is InChI=1S/C3HBrCl2O2/c4-2(6)1(5)3(7)8/h(H,7,8)/b2-1-. The van der Waals surface area contributed by atoms with Crippen LogP contribution in [0.2, 0.25) is 0 Å². The largest absolute Gasteiger partial charge is 0.477 e. The van der Waals surface area contributed by atoms with Gasteiger partial charge in [-0.3, -0.25) is 0 Å². The number of carbonyl (C=O) groups is 1. The molecule has 0 aromatic carbocycles. The highest BCUT2D eigenvalue weighted by Crippen LogP contribution is 2.19. The molecule has 0 aromatic rings. The minimum Gasteiger partial charge on any atom is -0.477 e. The minimum atomic E-state index is -1.24. The molecule has 5 heteroatoms. The molecule has 0 saturated carbocycles. The van der Waals surface area contributed by atoms with Crippen LogP contribution in [0.15, 0.2) is 8.97 Å². The fraction of sp³-hybridized carbons (Fsp3) is 0. The summed E-state index contributed by atoms with van der Waals surface area (Å²) in [4.78, 5) is 9.84. The van der Waals surface area contributed by atoms with Gasteiger partial charge >= 0.3 is 5.97 Å². The summed E-state index contributed by atoms with van der Waals surface area (Å²) in [7, 11) is 0. The van der Waals surface area contributed by atoms with Gasteiger partial charge in [0.2, 0.25) is 0 Å². The van der Waals surface area contributed by atoms with Crippen molar-refractivity contribution in [2.75, 3.05) is 0 Å². The molecule has 0 heterocycles. The summed E-state index contributed by atoms with van der Waals surface area (Å²) in [6.07, 6.45) is 0. The normalized spacial score (nSPS) is 12.9. The Kier molecular flexibility index (Phi) is 3.44. The van der Waals surface area contributed by atoms with Gasteiger partial charge < -0.3 is 5.11 Å². The molecule has 2 nitrogen and oxygen atoms in total. The molecule has 0 atom stereocenters. The maximum atomic E-state index is 9.84. The predicted molar refractivity (Wildman–Crippen MR) is 35.3 cm³/mol. The average molecular weight is 220 g/mol. The zero-order valence-electron chi connectivity index (χ0n) is 3.49. The van der Waals surface area contributed by atoms with Gasteiger partial charge in [0.15, 0.2) is 5.03 Å². The van der Waals surface area contributed by atoms with E-state index in [1.807, 2.05) is 0 Å². The first-order valence-electron chi connectivity index (χ1n) is 1.49. The number of aliphatic carboxylic acids is 1. The lowest BCUT2D eigenvalue weighted by Crippen LogP contribution is -1.92. The van der Waals surface area contributed by atoms with Crippen molar-refractivity contribution in [3.63, 3.8) is 0 Å². The Labute approximate surface area is 64.2 Å². The van der Waals surface area contributed by atoms with Gasteiger partial charge in [-0.25, -0.2) is 4.79 Å². The van der Waals surface area contributed by atoms with E-state index in [0.29, 0.717) is 0 Å². The summed E-state index contributed by atoms with van der Waals surface area (Å²) in [5, 5.41) is 7.64. The van der Waals surface area contributed by atoms with Crippen LogP contribution in [0.25, 0.3) is 0 Å². The van der Waals surface area contributed by atoms with Crippen LogP contribution < -0.4 is 0 Å².